The van der Waals surface area contributed by atoms with Gasteiger partial charge in [-0.05, 0) is 12.8 Å². The summed E-state index contributed by atoms with van der Waals surface area (Å²) in [5, 5.41) is 11.1. The Morgan fingerprint density at radius 1 is 1.14 bits per heavy atom. The fraction of sp³-hybridized carbons (Fsp3) is 0.800. The van der Waals surface area contributed by atoms with Gasteiger partial charge in [-0.2, -0.15) is 0 Å². The molecule has 0 saturated carbocycles. The van der Waals surface area contributed by atoms with Gasteiger partial charge in [0.25, 0.3) is 0 Å². The van der Waals surface area contributed by atoms with Gasteiger partial charge in [0.05, 0.1) is 0 Å². The summed E-state index contributed by atoms with van der Waals surface area (Å²) in [6, 6.07) is 0. The van der Waals surface area contributed by atoms with Gasteiger partial charge in [-0.1, -0.05) is 19.8 Å². The van der Waals surface area contributed by atoms with Crippen molar-refractivity contribution in [1.82, 2.24) is 5.32 Å². The van der Waals surface area contributed by atoms with E-state index in [1.165, 1.54) is 0 Å². The van der Waals surface area contributed by atoms with Crippen LogP contribution in [0, 0.1) is 0 Å². The predicted molar refractivity (Wildman–Crippen MR) is 54.0 cm³/mol. The van der Waals surface area contributed by atoms with Crippen molar-refractivity contribution < 1.29 is 14.7 Å². The van der Waals surface area contributed by atoms with E-state index >= 15 is 0 Å². The molecule has 1 amide bonds. The zero-order valence-electron chi connectivity index (χ0n) is 8.71. The van der Waals surface area contributed by atoms with Crippen LogP contribution in [0.4, 0.5) is 0 Å². The quantitative estimate of drug-likeness (QED) is 0.585. The number of unbranched alkanes of at least 4 members (excludes halogenated alkanes) is 3. The topological polar surface area (TPSA) is 66.4 Å². The Morgan fingerprint density at radius 2 is 1.79 bits per heavy atom. The molecule has 0 spiro atoms. The highest BCUT2D eigenvalue weighted by atomic mass is 16.4. The molecule has 0 aliphatic heterocycles. The van der Waals surface area contributed by atoms with Crippen LogP contribution in [0.15, 0.2) is 0 Å². The highest BCUT2D eigenvalue weighted by Gasteiger charge is 1.97. The number of hydrogen-bond acceptors (Lipinski definition) is 2. The Kier molecular flexibility index (Phi) is 7.89. The first kappa shape index (κ1) is 12.9. The highest BCUT2D eigenvalue weighted by Crippen LogP contribution is 2.01. The van der Waals surface area contributed by atoms with Gasteiger partial charge in [0.15, 0.2) is 0 Å². The minimum absolute atomic E-state index is 0.0792. The largest absolute Gasteiger partial charge is 0.481 e. The van der Waals surface area contributed by atoms with Gasteiger partial charge in [-0.15, -0.1) is 0 Å². The molecule has 0 aliphatic rings. The van der Waals surface area contributed by atoms with Crippen molar-refractivity contribution in [2.24, 2.45) is 0 Å². The summed E-state index contributed by atoms with van der Waals surface area (Å²) in [4.78, 5) is 21.0. The lowest BCUT2D eigenvalue weighted by Crippen LogP contribution is -2.23. The van der Waals surface area contributed by atoms with E-state index in [9.17, 15) is 9.59 Å². The van der Waals surface area contributed by atoms with Crippen LogP contribution in [-0.4, -0.2) is 23.5 Å². The number of nitrogens with one attached hydrogen (secondary N) is 1. The average molecular weight is 201 g/mol. The second-order valence-electron chi connectivity index (χ2n) is 3.26. The second kappa shape index (κ2) is 8.53. The van der Waals surface area contributed by atoms with Gasteiger partial charge in [0, 0.05) is 19.4 Å². The maximum atomic E-state index is 10.8. The normalized spacial score (nSPS) is 9.79. The van der Waals surface area contributed by atoms with Crippen LogP contribution < -0.4 is 5.32 Å². The van der Waals surface area contributed by atoms with Crippen LogP contribution >= 0.6 is 0 Å². The third-order valence-corrected chi connectivity index (χ3v) is 1.96. The fourth-order valence-corrected chi connectivity index (χ4v) is 1.11. The van der Waals surface area contributed by atoms with Gasteiger partial charge in [0.1, 0.15) is 0 Å². The Labute approximate surface area is 84.7 Å². The molecule has 0 radical (unpaired) electrons. The van der Waals surface area contributed by atoms with Crippen LogP contribution in [0.2, 0.25) is 0 Å². The first-order valence-corrected chi connectivity index (χ1v) is 5.15. The number of hydrogen-bond donors (Lipinski definition) is 2. The summed E-state index contributed by atoms with van der Waals surface area (Å²) in [6.45, 7) is 2.53. The van der Waals surface area contributed by atoms with Crippen molar-refractivity contribution in [3.05, 3.63) is 0 Å². The lowest BCUT2D eigenvalue weighted by molar-refractivity contribution is -0.137. The maximum Gasteiger partial charge on any atom is 0.303 e. The molecule has 82 valence electrons. The standard InChI is InChI=1S/C10H19NO3/c1-2-9(12)11-8-6-4-3-5-7-10(13)14/h2-8H2,1H3,(H,11,12)(H,13,14). The number of carbonyl (C=O) groups excluding carboxylic acids is 1. The second-order valence-corrected chi connectivity index (χ2v) is 3.26. The molecule has 0 aromatic carbocycles. The average Bonchev–Trinajstić information content (AvgIpc) is 2.15. The van der Waals surface area contributed by atoms with Crippen LogP contribution in [-0.2, 0) is 9.59 Å². The smallest absolute Gasteiger partial charge is 0.303 e. The van der Waals surface area contributed by atoms with Crippen LogP contribution in [0.3, 0.4) is 0 Å². The van der Waals surface area contributed by atoms with E-state index in [1.807, 2.05) is 6.92 Å². The summed E-state index contributed by atoms with van der Waals surface area (Å²) in [5.74, 6) is -0.653. The first-order valence-electron chi connectivity index (χ1n) is 5.15. The summed E-state index contributed by atoms with van der Waals surface area (Å²) >= 11 is 0. The van der Waals surface area contributed by atoms with Crippen LogP contribution in [0.1, 0.15) is 45.4 Å². The fourth-order valence-electron chi connectivity index (χ4n) is 1.11. The summed E-state index contributed by atoms with van der Waals surface area (Å²) in [6.07, 6.45) is 4.36. The number of carbonyl (C=O) groups is 2. The highest BCUT2D eigenvalue weighted by molar-refractivity contribution is 5.75. The molecule has 0 aromatic rings. The van der Waals surface area contributed by atoms with Crippen molar-refractivity contribution in [2.45, 2.75) is 45.4 Å². The minimum atomic E-state index is -0.732. The van der Waals surface area contributed by atoms with E-state index in [1.54, 1.807) is 0 Å². The van der Waals surface area contributed by atoms with E-state index in [0.29, 0.717) is 13.0 Å². The van der Waals surface area contributed by atoms with E-state index in [0.717, 1.165) is 25.7 Å². The molecule has 0 aromatic heterocycles. The molecule has 0 rings (SSSR count). The number of aliphatic carboxylic acids is 1. The van der Waals surface area contributed by atoms with Gasteiger partial charge in [-0.25, -0.2) is 0 Å². The molecule has 0 unspecified atom stereocenters. The maximum absolute atomic E-state index is 10.8. The van der Waals surface area contributed by atoms with Crippen molar-refractivity contribution in [3.8, 4) is 0 Å². The SMILES string of the molecule is CCC(=O)NCCCCCCC(=O)O. The van der Waals surface area contributed by atoms with Crippen molar-refractivity contribution >= 4 is 11.9 Å². The first-order chi connectivity index (χ1) is 6.66. The molecule has 0 fully saturated rings. The van der Waals surface area contributed by atoms with Crippen molar-refractivity contribution in [2.75, 3.05) is 6.54 Å². The van der Waals surface area contributed by atoms with Crippen LogP contribution in [0.25, 0.3) is 0 Å². The Bertz CT molecular complexity index is 180. The molecular weight excluding hydrogens is 182 g/mol. The van der Waals surface area contributed by atoms with Crippen molar-refractivity contribution in [3.63, 3.8) is 0 Å². The Morgan fingerprint density at radius 3 is 2.36 bits per heavy atom. The molecule has 0 aliphatic carbocycles. The lowest BCUT2D eigenvalue weighted by Gasteiger charge is -2.02. The van der Waals surface area contributed by atoms with Gasteiger partial charge >= 0.3 is 5.97 Å². The molecule has 0 atom stereocenters. The number of amides is 1. The Balaban J connectivity index is 3.06. The van der Waals surface area contributed by atoms with E-state index in [-0.39, 0.29) is 12.3 Å². The minimum Gasteiger partial charge on any atom is -0.481 e. The monoisotopic (exact) mass is 201 g/mol. The third kappa shape index (κ3) is 9.03. The zero-order valence-corrected chi connectivity index (χ0v) is 8.71. The van der Waals surface area contributed by atoms with E-state index < -0.39 is 5.97 Å². The predicted octanol–water partition coefficient (Wildman–Crippen LogP) is 1.55. The third-order valence-electron chi connectivity index (χ3n) is 1.96. The van der Waals surface area contributed by atoms with Gasteiger partial charge in [0.2, 0.25) is 5.91 Å². The Hall–Kier alpha value is -1.06. The van der Waals surface area contributed by atoms with Crippen LogP contribution in [0.5, 0.6) is 0 Å². The molecule has 4 heteroatoms. The summed E-state index contributed by atoms with van der Waals surface area (Å²) in [7, 11) is 0. The molecule has 0 heterocycles. The molecule has 0 bridgehead atoms. The van der Waals surface area contributed by atoms with E-state index in [2.05, 4.69) is 5.32 Å². The van der Waals surface area contributed by atoms with Crippen molar-refractivity contribution in [1.29, 1.82) is 0 Å². The summed E-state index contributed by atoms with van der Waals surface area (Å²) in [5.41, 5.74) is 0. The molecule has 0 saturated heterocycles. The molecule has 4 nitrogen and oxygen atoms in total. The van der Waals surface area contributed by atoms with E-state index in [4.69, 9.17) is 5.11 Å². The van der Waals surface area contributed by atoms with Gasteiger partial charge in [-0.3, -0.25) is 9.59 Å². The molecule has 14 heavy (non-hydrogen) atoms. The molecule has 2 N–H and O–H groups in total. The number of carboxylic acid groups (broad SMARTS) is 1. The van der Waals surface area contributed by atoms with Gasteiger partial charge < -0.3 is 10.4 Å². The number of rotatable bonds is 8. The molecular formula is C10H19NO3. The number of carboxylic acids is 1. The lowest BCUT2D eigenvalue weighted by atomic mass is 10.1. The zero-order chi connectivity index (χ0) is 10.8. The summed E-state index contributed by atoms with van der Waals surface area (Å²) < 4.78 is 0.